The second-order valence-corrected chi connectivity index (χ2v) is 8.39. The van der Waals surface area contributed by atoms with Crippen LogP contribution in [0.1, 0.15) is 40.3 Å². The molecule has 0 saturated heterocycles. The Kier molecular flexibility index (Phi) is 6.33. The van der Waals surface area contributed by atoms with Gasteiger partial charge in [0.2, 0.25) is 0 Å². The number of nitrogens with zero attached hydrogens (tertiary/aromatic N) is 1. The zero-order valence-electron chi connectivity index (χ0n) is 12.6. The van der Waals surface area contributed by atoms with Crippen LogP contribution in [0.2, 0.25) is 0 Å². The highest BCUT2D eigenvalue weighted by atomic mass is 32.2. The van der Waals surface area contributed by atoms with Crippen LogP contribution in [0.15, 0.2) is 16.0 Å². The molecule has 1 N–H and O–H groups in total. The van der Waals surface area contributed by atoms with Crippen molar-refractivity contribution >= 4 is 29.3 Å². The molecular formula is C14H22N2O2S2. The molecular weight excluding hydrogens is 292 g/mol. The Bertz CT molecular complexity index is 519. The molecule has 112 valence electrons. The lowest BCUT2D eigenvalue weighted by atomic mass is 9.92. The van der Waals surface area contributed by atoms with Crippen LogP contribution in [0.4, 0.5) is 0 Å². The molecule has 0 fully saturated rings. The van der Waals surface area contributed by atoms with Gasteiger partial charge in [-0.3, -0.25) is 9.59 Å². The standard InChI is InChI=1S/C14H22N2O2S2/c1-9(2)19-7-10-6-12(18)16-13(15-10)20-8-11(17)14(3,4)5/h6,9H,7-8H2,1-5H3,(H,15,16,18). The number of hydrogen-bond donors (Lipinski definition) is 1. The third kappa shape index (κ3) is 6.13. The van der Waals surface area contributed by atoms with Crippen molar-refractivity contribution in [3.63, 3.8) is 0 Å². The molecule has 0 aliphatic heterocycles. The molecule has 1 heterocycles. The average Bonchev–Trinajstić information content (AvgIpc) is 2.31. The fraction of sp³-hybridized carbons (Fsp3) is 0.643. The van der Waals surface area contributed by atoms with Gasteiger partial charge in [0.1, 0.15) is 5.78 Å². The number of aromatic nitrogens is 2. The van der Waals surface area contributed by atoms with Gasteiger partial charge >= 0.3 is 0 Å². The molecule has 1 rings (SSSR count). The maximum Gasteiger partial charge on any atom is 0.251 e. The van der Waals surface area contributed by atoms with E-state index in [-0.39, 0.29) is 16.8 Å². The Morgan fingerprint density at radius 2 is 2.05 bits per heavy atom. The molecule has 0 amide bonds. The second-order valence-electron chi connectivity index (χ2n) is 5.86. The first-order chi connectivity index (χ1) is 9.18. The van der Waals surface area contributed by atoms with Crippen LogP contribution in [0.3, 0.4) is 0 Å². The van der Waals surface area contributed by atoms with Crippen LogP contribution in [-0.4, -0.2) is 26.8 Å². The van der Waals surface area contributed by atoms with E-state index < -0.39 is 0 Å². The van der Waals surface area contributed by atoms with Gasteiger partial charge < -0.3 is 4.98 Å². The highest BCUT2D eigenvalue weighted by Gasteiger charge is 2.21. The first-order valence-electron chi connectivity index (χ1n) is 6.56. The van der Waals surface area contributed by atoms with Crippen molar-refractivity contribution in [2.45, 2.75) is 50.8 Å². The fourth-order valence-electron chi connectivity index (χ4n) is 1.23. The lowest BCUT2D eigenvalue weighted by Crippen LogP contribution is -2.22. The maximum absolute atomic E-state index is 11.9. The van der Waals surface area contributed by atoms with Crippen molar-refractivity contribution in [2.75, 3.05) is 5.75 Å². The minimum Gasteiger partial charge on any atom is -0.301 e. The minimum atomic E-state index is -0.363. The number of carbonyl (C=O) groups excluding carboxylic acids is 1. The third-order valence-electron chi connectivity index (χ3n) is 2.51. The van der Waals surface area contributed by atoms with E-state index in [9.17, 15) is 9.59 Å². The van der Waals surface area contributed by atoms with E-state index in [0.717, 1.165) is 5.69 Å². The summed E-state index contributed by atoms with van der Waals surface area (Å²) < 4.78 is 0. The van der Waals surface area contributed by atoms with Crippen LogP contribution >= 0.6 is 23.5 Å². The zero-order valence-corrected chi connectivity index (χ0v) is 14.3. The maximum atomic E-state index is 11.9. The van der Waals surface area contributed by atoms with Gasteiger partial charge in [-0.2, -0.15) is 11.8 Å². The van der Waals surface area contributed by atoms with E-state index in [1.54, 1.807) is 11.8 Å². The quantitative estimate of drug-likeness (QED) is 0.645. The topological polar surface area (TPSA) is 62.8 Å². The number of hydrogen-bond acceptors (Lipinski definition) is 5. The Balaban J connectivity index is 2.71. The van der Waals surface area contributed by atoms with Gasteiger partial charge in [0.15, 0.2) is 5.16 Å². The molecule has 0 atom stereocenters. The van der Waals surface area contributed by atoms with Crippen molar-refractivity contribution in [3.8, 4) is 0 Å². The molecule has 0 aliphatic carbocycles. The van der Waals surface area contributed by atoms with E-state index >= 15 is 0 Å². The molecule has 0 aliphatic rings. The predicted molar refractivity (Wildman–Crippen MR) is 86.5 cm³/mol. The molecule has 0 unspecified atom stereocenters. The highest BCUT2D eigenvalue weighted by molar-refractivity contribution is 7.99. The number of Topliss-reactive ketones (excluding diaryl/α,β-unsaturated/α-hetero) is 1. The third-order valence-corrected chi connectivity index (χ3v) is 4.52. The SMILES string of the molecule is CC(C)SCc1cc(=O)[nH]c(SCC(=O)C(C)(C)C)n1. The van der Waals surface area contributed by atoms with Crippen LogP contribution in [0, 0.1) is 5.41 Å². The highest BCUT2D eigenvalue weighted by Crippen LogP contribution is 2.21. The van der Waals surface area contributed by atoms with E-state index in [4.69, 9.17) is 0 Å². The number of carbonyl (C=O) groups is 1. The molecule has 1 aromatic rings. The van der Waals surface area contributed by atoms with Crippen molar-refractivity contribution < 1.29 is 4.79 Å². The lowest BCUT2D eigenvalue weighted by molar-refractivity contribution is -0.123. The van der Waals surface area contributed by atoms with Gasteiger partial charge in [-0.1, -0.05) is 46.4 Å². The summed E-state index contributed by atoms with van der Waals surface area (Å²) in [5.74, 6) is 1.18. The summed E-state index contributed by atoms with van der Waals surface area (Å²) in [4.78, 5) is 30.5. The zero-order chi connectivity index (χ0) is 15.3. The van der Waals surface area contributed by atoms with Gasteiger partial charge in [-0.25, -0.2) is 4.98 Å². The van der Waals surface area contributed by atoms with E-state index in [1.807, 2.05) is 20.8 Å². The van der Waals surface area contributed by atoms with Gasteiger partial charge in [0.25, 0.3) is 5.56 Å². The van der Waals surface area contributed by atoms with Crippen molar-refractivity contribution in [3.05, 3.63) is 22.1 Å². The monoisotopic (exact) mass is 314 g/mol. The Hall–Kier alpha value is -0.750. The first kappa shape index (κ1) is 17.3. The fourth-order valence-corrected chi connectivity index (χ4v) is 2.94. The summed E-state index contributed by atoms with van der Waals surface area (Å²) in [6, 6.07) is 1.52. The van der Waals surface area contributed by atoms with Crippen LogP contribution in [-0.2, 0) is 10.5 Å². The minimum absolute atomic E-state index is 0.145. The molecule has 0 spiro atoms. The molecule has 0 radical (unpaired) electrons. The molecule has 0 bridgehead atoms. The summed E-state index contributed by atoms with van der Waals surface area (Å²) in [5, 5.41) is 1.02. The van der Waals surface area contributed by atoms with E-state index in [0.29, 0.717) is 21.9 Å². The molecule has 20 heavy (non-hydrogen) atoms. The van der Waals surface area contributed by atoms with Gasteiger partial charge in [-0.05, 0) is 5.25 Å². The van der Waals surface area contributed by atoms with Gasteiger partial charge in [0, 0.05) is 17.2 Å². The number of nitrogens with one attached hydrogen (secondary N) is 1. The lowest BCUT2D eigenvalue weighted by Gasteiger charge is -2.15. The average molecular weight is 314 g/mol. The normalized spacial score (nSPS) is 11.9. The number of ketones is 1. The van der Waals surface area contributed by atoms with Gasteiger partial charge in [0.05, 0.1) is 11.4 Å². The summed E-state index contributed by atoms with van der Waals surface area (Å²) in [5.41, 5.74) is 0.238. The van der Waals surface area contributed by atoms with Crippen molar-refractivity contribution in [1.82, 2.24) is 9.97 Å². The van der Waals surface area contributed by atoms with E-state index in [2.05, 4.69) is 23.8 Å². The summed E-state index contributed by atoms with van der Waals surface area (Å²) in [7, 11) is 0. The molecule has 1 aromatic heterocycles. The molecule has 0 aromatic carbocycles. The summed E-state index contributed by atoms with van der Waals surface area (Å²) in [6.07, 6.45) is 0. The second kappa shape index (κ2) is 7.31. The summed E-state index contributed by atoms with van der Waals surface area (Å²) in [6.45, 7) is 9.89. The number of H-pyrrole nitrogens is 1. The van der Waals surface area contributed by atoms with Crippen LogP contribution in [0.25, 0.3) is 0 Å². The smallest absolute Gasteiger partial charge is 0.251 e. The van der Waals surface area contributed by atoms with Crippen LogP contribution in [0.5, 0.6) is 0 Å². The Morgan fingerprint density at radius 1 is 1.40 bits per heavy atom. The molecule has 0 saturated carbocycles. The van der Waals surface area contributed by atoms with Crippen molar-refractivity contribution in [2.24, 2.45) is 5.41 Å². The van der Waals surface area contributed by atoms with Gasteiger partial charge in [-0.15, -0.1) is 0 Å². The van der Waals surface area contributed by atoms with Crippen molar-refractivity contribution in [1.29, 1.82) is 0 Å². The van der Waals surface area contributed by atoms with Crippen LogP contribution < -0.4 is 5.56 Å². The summed E-state index contributed by atoms with van der Waals surface area (Å²) >= 11 is 3.03. The molecule has 4 nitrogen and oxygen atoms in total. The number of rotatable bonds is 6. The first-order valence-corrected chi connectivity index (χ1v) is 8.60. The number of thioether (sulfide) groups is 2. The number of aromatic amines is 1. The largest absolute Gasteiger partial charge is 0.301 e. The molecule has 6 heteroatoms. The Labute approximate surface area is 128 Å². The van der Waals surface area contributed by atoms with E-state index in [1.165, 1.54) is 17.8 Å². The predicted octanol–water partition coefficient (Wildman–Crippen LogP) is 3.12. The Morgan fingerprint density at radius 3 is 2.60 bits per heavy atom.